The monoisotopic (exact) mass is 420 g/mol. The summed E-state index contributed by atoms with van der Waals surface area (Å²) in [6, 6.07) is 11.9. The second kappa shape index (κ2) is 8.42. The van der Waals surface area contributed by atoms with E-state index in [-0.39, 0.29) is 17.8 Å². The van der Waals surface area contributed by atoms with E-state index in [1.807, 2.05) is 42.6 Å². The van der Waals surface area contributed by atoms with Crippen LogP contribution in [0.25, 0.3) is 11.3 Å². The lowest BCUT2D eigenvalue weighted by atomic mass is 10.2. The van der Waals surface area contributed by atoms with Crippen molar-refractivity contribution in [2.24, 2.45) is 4.99 Å². The third-order valence-electron chi connectivity index (χ3n) is 4.54. The smallest absolute Gasteiger partial charge is 0.288 e. The zero-order valence-electron chi connectivity index (χ0n) is 16.4. The van der Waals surface area contributed by atoms with Crippen LogP contribution in [0.15, 0.2) is 65.2 Å². The van der Waals surface area contributed by atoms with Crippen molar-refractivity contribution in [3.8, 4) is 11.3 Å². The fourth-order valence-electron chi connectivity index (χ4n) is 2.96. The molecule has 0 spiro atoms. The van der Waals surface area contributed by atoms with E-state index in [0.29, 0.717) is 5.69 Å². The fourth-order valence-corrected chi connectivity index (χ4v) is 3.80. The molecule has 9 heteroatoms. The molecule has 0 aliphatic carbocycles. The van der Waals surface area contributed by atoms with Crippen molar-refractivity contribution < 1.29 is 9.59 Å². The molecule has 2 amide bonds. The Morgan fingerprint density at radius 2 is 2.03 bits per heavy atom. The van der Waals surface area contributed by atoms with Crippen LogP contribution in [0.2, 0.25) is 0 Å². The van der Waals surface area contributed by atoms with E-state index in [2.05, 4.69) is 25.7 Å². The highest BCUT2D eigenvalue weighted by Gasteiger charge is 2.31. The number of rotatable bonds is 5. The van der Waals surface area contributed by atoms with Crippen molar-refractivity contribution in [1.29, 1.82) is 0 Å². The Morgan fingerprint density at radius 1 is 1.23 bits per heavy atom. The molecule has 152 valence electrons. The van der Waals surface area contributed by atoms with Crippen molar-refractivity contribution >= 4 is 34.7 Å². The second-order valence-corrected chi connectivity index (χ2v) is 7.67. The average molecular weight is 420 g/mol. The maximum atomic E-state index is 12.8. The van der Waals surface area contributed by atoms with E-state index in [4.69, 9.17) is 0 Å². The molecule has 1 aromatic carbocycles. The standard InChI is InChI=1S/C21H20N6O2S/c1-13(20-25-17(12-30-20)15-7-6-10-22-11-15)24-19(28)18-23-14(2)21(29)27(26-18)16-8-4-3-5-9-16/h3-14H,1-2H3,(H,23,26)(H,24,28). The minimum Gasteiger partial charge on any atom is -0.340 e. The van der Waals surface area contributed by atoms with E-state index >= 15 is 0 Å². The van der Waals surface area contributed by atoms with Crippen LogP contribution in [0.1, 0.15) is 24.9 Å². The summed E-state index contributed by atoms with van der Waals surface area (Å²) < 4.78 is 0. The average Bonchev–Trinajstić information content (AvgIpc) is 3.27. The molecule has 2 unspecified atom stereocenters. The summed E-state index contributed by atoms with van der Waals surface area (Å²) in [6.07, 6.45) is 3.46. The maximum Gasteiger partial charge on any atom is 0.288 e. The lowest BCUT2D eigenvalue weighted by Crippen LogP contribution is -2.58. The predicted octanol–water partition coefficient (Wildman–Crippen LogP) is 2.72. The molecule has 0 radical (unpaired) electrons. The van der Waals surface area contributed by atoms with Gasteiger partial charge in [-0.05, 0) is 38.1 Å². The van der Waals surface area contributed by atoms with Crippen molar-refractivity contribution in [3.05, 3.63) is 65.2 Å². The minimum atomic E-state index is -0.667. The number of nitrogens with zero attached hydrogens (tertiary/aromatic N) is 4. The van der Waals surface area contributed by atoms with Gasteiger partial charge in [-0.1, -0.05) is 18.2 Å². The summed E-state index contributed by atoms with van der Waals surface area (Å²) >= 11 is 1.46. The molecule has 0 saturated carbocycles. The van der Waals surface area contributed by atoms with Crippen LogP contribution in [-0.2, 0) is 9.59 Å². The highest BCUT2D eigenvalue weighted by atomic mass is 32.1. The van der Waals surface area contributed by atoms with Crippen LogP contribution in [0.4, 0.5) is 5.69 Å². The molecule has 0 saturated heterocycles. The number of hydrogen-bond donors (Lipinski definition) is 2. The third kappa shape index (κ3) is 4.06. The number of carbonyl (C=O) groups excluding carboxylic acids is 2. The zero-order chi connectivity index (χ0) is 21.1. The molecule has 2 aromatic heterocycles. The van der Waals surface area contributed by atoms with Gasteiger partial charge in [0.25, 0.3) is 11.8 Å². The number of hydrazine groups is 1. The molecule has 1 aliphatic heterocycles. The quantitative estimate of drug-likeness (QED) is 0.661. The molecule has 0 bridgehead atoms. The van der Waals surface area contributed by atoms with E-state index in [1.165, 1.54) is 16.3 Å². The van der Waals surface area contributed by atoms with E-state index in [0.717, 1.165) is 16.3 Å². The summed E-state index contributed by atoms with van der Waals surface area (Å²) in [4.78, 5) is 38.2. The molecule has 0 fully saturated rings. The Labute approximate surface area is 177 Å². The minimum absolute atomic E-state index is 0.0850. The molecule has 4 rings (SSSR count). The highest BCUT2D eigenvalue weighted by Crippen LogP contribution is 2.25. The normalized spacial score (nSPS) is 17.1. The van der Waals surface area contributed by atoms with Crippen molar-refractivity contribution in [2.45, 2.75) is 25.9 Å². The maximum absolute atomic E-state index is 12.8. The van der Waals surface area contributed by atoms with Gasteiger partial charge in [-0.25, -0.2) is 15.0 Å². The van der Waals surface area contributed by atoms with Gasteiger partial charge in [0.15, 0.2) is 0 Å². The van der Waals surface area contributed by atoms with Crippen molar-refractivity contribution in [2.75, 3.05) is 5.01 Å². The summed E-state index contributed by atoms with van der Waals surface area (Å²) in [7, 11) is 0. The van der Waals surface area contributed by atoms with E-state index in [9.17, 15) is 9.59 Å². The zero-order valence-corrected chi connectivity index (χ0v) is 17.3. The Balaban J connectivity index is 1.47. The Morgan fingerprint density at radius 3 is 2.77 bits per heavy atom. The number of benzene rings is 1. The number of amidine groups is 1. The topological polar surface area (TPSA) is 99.6 Å². The Kier molecular flexibility index (Phi) is 5.53. The largest absolute Gasteiger partial charge is 0.340 e. The number of anilines is 1. The van der Waals surface area contributed by atoms with Crippen molar-refractivity contribution in [3.63, 3.8) is 0 Å². The number of hydrogen-bond acceptors (Lipinski definition) is 7. The number of carbonyl (C=O) groups is 2. The summed E-state index contributed by atoms with van der Waals surface area (Å²) in [5, 5.41) is 6.95. The van der Waals surface area contributed by atoms with Gasteiger partial charge >= 0.3 is 0 Å². The molecular formula is C21H20N6O2S. The van der Waals surface area contributed by atoms with E-state index in [1.54, 1.807) is 31.5 Å². The van der Waals surface area contributed by atoms with Gasteiger partial charge in [0.2, 0.25) is 5.84 Å². The molecule has 30 heavy (non-hydrogen) atoms. The lowest BCUT2D eigenvalue weighted by Gasteiger charge is -2.30. The first-order chi connectivity index (χ1) is 14.5. The van der Waals surface area contributed by atoms with E-state index < -0.39 is 11.9 Å². The van der Waals surface area contributed by atoms with Gasteiger partial charge in [0.05, 0.1) is 17.4 Å². The summed E-state index contributed by atoms with van der Waals surface area (Å²) in [5.41, 5.74) is 5.21. The van der Waals surface area contributed by atoms with Crippen LogP contribution < -0.4 is 15.8 Å². The molecule has 8 nitrogen and oxygen atoms in total. The molecule has 2 atom stereocenters. The molecule has 3 heterocycles. The number of amides is 2. The second-order valence-electron chi connectivity index (χ2n) is 6.78. The molecule has 1 aliphatic rings. The van der Waals surface area contributed by atoms with Gasteiger partial charge in [-0.15, -0.1) is 11.3 Å². The first-order valence-electron chi connectivity index (χ1n) is 9.43. The number of aliphatic imine (C=N–C) groups is 1. The Bertz CT molecular complexity index is 1080. The number of pyridine rings is 1. The number of para-hydroxylation sites is 1. The SMILES string of the molecule is CC1N=C(C(=O)NC(C)c2nc(-c3cccnc3)cs2)NN(c2ccccc2)C1=O. The third-order valence-corrected chi connectivity index (χ3v) is 5.57. The molecule has 3 aromatic rings. The van der Waals surface area contributed by atoms with Crippen LogP contribution in [0.5, 0.6) is 0 Å². The Hall–Kier alpha value is -3.59. The first-order valence-corrected chi connectivity index (χ1v) is 10.3. The van der Waals surface area contributed by atoms with Crippen LogP contribution >= 0.6 is 11.3 Å². The summed E-state index contributed by atoms with van der Waals surface area (Å²) in [6.45, 7) is 3.52. The number of thiazole rings is 1. The van der Waals surface area contributed by atoms with Gasteiger partial charge in [0.1, 0.15) is 11.0 Å². The highest BCUT2D eigenvalue weighted by molar-refractivity contribution is 7.10. The van der Waals surface area contributed by atoms with Gasteiger partial charge in [0, 0.05) is 23.3 Å². The number of aromatic nitrogens is 2. The summed E-state index contributed by atoms with van der Waals surface area (Å²) in [5.74, 6) is -0.547. The fraction of sp³-hybridized carbons (Fsp3) is 0.190. The molecule has 2 N–H and O–H groups in total. The van der Waals surface area contributed by atoms with Crippen molar-refractivity contribution in [1.82, 2.24) is 20.7 Å². The molecular weight excluding hydrogens is 400 g/mol. The van der Waals surface area contributed by atoms with Crippen LogP contribution in [-0.4, -0.2) is 33.7 Å². The van der Waals surface area contributed by atoms with Gasteiger partial charge < -0.3 is 5.32 Å². The first kappa shape index (κ1) is 19.7. The van der Waals surface area contributed by atoms with Crippen LogP contribution in [0, 0.1) is 0 Å². The predicted molar refractivity (Wildman–Crippen MR) is 116 cm³/mol. The van der Waals surface area contributed by atoms with Gasteiger partial charge in [-0.2, -0.15) is 0 Å². The van der Waals surface area contributed by atoms with Crippen LogP contribution in [0.3, 0.4) is 0 Å². The lowest BCUT2D eigenvalue weighted by molar-refractivity contribution is -0.120. The van der Waals surface area contributed by atoms with Gasteiger partial charge in [-0.3, -0.25) is 20.0 Å². The number of nitrogens with one attached hydrogen (secondary N) is 2.